The van der Waals surface area contributed by atoms with Gasteiger partial charge in [-0.2, -0.15) is 0 Å². The third kappa shape index (κ3) is 2.99. The molecule has 3 heterocycles. The Bertz CT molecular complexity index is 844. The molecule has 2 amide bonds. The average Bonchev–Trinajstić information content (AvgIpc) is 2.63. The Morgan fingerprint density at radius 2 is 1.92 bits per heavy atom. The smallest absolute Gasteiger partial charge is 0.321 e. The monoisotopic (exact) mass is 339 g/mol. The molecule has 4 rings (SSSR count). The van der Waals surface area contributed by atoms with E-state index in [4.69, 9.17) is 4.74 Å². The Kier molecular flexibility index (Phi) is 3.95. The summed E-state index contributed by atoms with van der Waals surface area (Å²) in [4.78, 5) is 26.6. The Hall–Kier alpha value is -2.76. The number of rotatable bonds is 2. The van der Waals surface area contributed by atoms with Gasteiger partial charge in [-0.1, -0.05) is 6.07 Å². The van der Waals surface area contributed by atoms with E-state index in [2.05, 4.69) is 5.32 Å². The number of piperidine rings is 1. The topological polar surface area (TPSA) is 63.6 Å². The molecule has 0 unspecified atom stereocenters. The summed E-state index contributed by atoms with van der Waals surface area (Å²) in [6, 6.07) is 12.6. The molecule has 1 fully saturated rings. The minimum atomic E-state index is -0.0911. The molecule has 1 N–H and O–H groups in total. The number of carbonyl (C=O) groups excluding carboxylic acids is 1. The van der Waals surface area contributed by atoms with E-state index >= 15 is 0 Å². The summed E-state index contributed by atoms with van der Waals surface area (Å²) in [5.41, 5.74) is 1.85. The Labute approximate surface area is 146 Å². The number of urea groups is 1. The lowest BCUT2D eigenvalue weighted by Crippen LogP contribution is -2.50. The Morgan fingerprint density at radius 1 is 1.12 bits per heavy atom. The molecule has 1 saturated heterocycles. The van der Waals surface area contributed by atoms with E-state index in [-0.39, 0.29) is 17.5 Å². The van der Waals surface area contributed by atoms with Gasteiger partial charge in [0, 0.05) is 43.0 Å². The van der Waals surface area contributed by atoms with Crippen LogP contribution in [0.25, 0.3) is 0 Å². The predicted molar refractivity (Wildman–Crippen MR) is 95.1 cm³/mol. The molecule has 1 aromatic carbocycles. The zero-order chi connectivity index (χ0) is 17.4. The second kappa shape index (κ2) is 6.27. The largest absolute Gasteiger partial charge is 0.497 e. The minimum absolute atomic E-state index is 0.0586. The number of hydrogen-bond acceptors (Lipinski definition) is 3. The number of methoxy groups -OCH3 is 1. The quantitative estimate of drug-likeness (QED) is 0.914. The zero-order valence-corrected chi connectivity index (χ0v) is 14.1. The first-order valence-electron chi connectivity index (χ1n) is 8.54. The lowest BCUT2D eigenvalue weighted by molar-refractivity contribution is 0.139. The number of likely N-dealkylation sites (tertiary alicyclic amines) is 1. The number of hydrogen-bond donors (Lipinski definition) is 1. The summed E-state index contributed by atoms with van der Waals surface area (Å²) in [6.45, 7) is 2.01. The number of carbonyl (C=O) groups is 1. The highest BCUT2D eigenvalue weighted by Crippen LogP contribution is 2.35. The van der Waals surface area contributed by atoms with Crippen LogP contribution in [0, 0.1) is 5.92 Å². The maximum atomic E-state index is 12.6. The molecular weight excluding hydrogens is 318 g/mol. The number of pyridine rings is 1. The van der Waals surface area contributed by atoms with Crippen molar-refractivity contribution in [2.45, 2.75) is 18.9 Å². The molecule has 6 nitrogen and oxygen atoms in total. The van der Waals surface area contributed by atoms with Crippen LogP contribution in [0.4, 0.5) is 10.5 Å². The van der Waals surface area contributed by atoms with E-state index in [0.717, 1.165) is 23.6 Å². The Balaban J connectivity index is 1.49. The van der Waals surface area contributed by atoms with E-state index in [0.29, 0.717) is 25.6 Å². The molecule has 2 atom stereocenters. The van der Waals surface area contributed by atoms with Gasteiger partial charge in [-0.05, 0) is 42.7 Å². The van der Waals surface area contributed by atoms with Crippen molar-refractivity contribution in [3.05, 3.63) is 58.5 Å². The first-order valence-corrected chi connectivity index (χ1v) is 8.54. The van der Waals surface area contributed by atoms with Gasteiger partial charge >= 0.3 is 6.03 Å². The highest BCUT2D eigenvalue weighted by molar-refractivity contribution is 5.89. The van der Waals surface area contributed by atoms with Crippen molar-refractivity contribution in [3.63, 3.8) is 0 Å². The minimum Gasteiger partial charge on any atom is -0.497 e. The number of benzene rings is 1. The van der Waals surface area contributed by atoms with E-state index in [1.165, 1.54) is 0 Å². The molecule has 1 aromatic heterocycles. The van der Waals surface area contributed by atoms with Crippen LogP contribution in [0.2, 0.25) is 0 Å². The fraction of sp³-hybridized carbons (Fsp3) is 0.368. The molecule has 0 saturated carbocycles. The van der Waals surface area contributed by atoms with Crippen LogP contribution in [-0.2, 0) is 6.54 Å². The molecule has 6 heteroatoms. The first kappa shape index (κ1) is 15.7. The van der Waals surface area contributed by atoms with Crippen LogP contribution in [0.1, 0.15) is 18.0 Å². The molecule has 2 aliphatic heterocycles. The summed E-state index contributed by atoms with van der Waals surface area (Å²) in [5.74, 6) is 1.31. The van der Waals surface area contributed by atoms with E-state index < -0.39 is 0 Å². The summed E-state index contributed by atoms with van der Waals surface area (Å²) >= 11 is 0. The Morgan fingerprint density at radius 3 is 2.68 bits per heavy atom. The van der Waals surface area contributed by atoms with Gasteiger partial charge in [0.2, 0.25) is 0 Å². The van der Waals surface area contributed by atoms with Gasteiger partial charge in [0.25, 0.3) is 5.56 Å². The summed E-state index contributed by atoms with van der Waals surface area (Å²) in [7, 11) is 1.61. The van der Waals surface area contributed by atoms with Gasteiger partial charge in [0.15, 0.2) is 0 Å². The second-order valence-electron chi connectivity index (χ2n) is 6.76. The highest BCUT2D eigenvalue weighted by Gasteiger charge is 2.36. The molecule has 0 radical (unpaired) electrons. The summed E-state index contributed by atoms with van der Waals surface area (Å²) in [5, 5.41) is 2.95. The molecule has 0 spiro atoms. The van der Waals surface area contributed by atoms with Crippen LogP contribution >= 0.6 is 0 Å². The van der Waals surface area contributed by atoms with Crippen LogP contribution in [0.3, 0.4) is 0 Å². The van der Waals surface area contributed by atoms with E-state index in [1.54, 1.807) is 13.2 Å². The second-order valence-corrected chi connectivity index (χ2v) is 6.76. The standard InChI is InChI=1S/C19H21N3O3/c1-25-16-7-5-15(6-8-16)20-19(24)21-10-13-9-14(12-21)17-3-2-4-18(23)22(17)11-13/h2-8,13-14H,9-12H2,1H3,(H,20,24)/t13-,14-/m0/s1. The number of ether oxygens (including phenoxy) is 1. The average molecular weight is 339 g/mol. The fourth-order valence-corrected chi connectivity index (χ4v) is 3.94. The van der Waals surface area contributed by atoms with Crippen molar-refractivity contribution in [1.29, 1.82) is 0 Å². The lowest BCUT2D eigenvalue weighted by atomic mass is 9.83. The lowest BCUT2D eigenvalue weighted by Gasteiger charge is -2.42. The normalized spacial score (nSPS) is 21.4. The van der Waals surface area contributed by atoms with Crippen LogP contribution in [0.15, 0.2) is 47.3 Å². The number of nitrogens with one attached hydrogen (secondary N) is 1. The maximum Gasteiger partial charge on any atom is 0.321 e. The van der Waals surface area contributed by atoms with Crippen molar-refractivity contribution in [3.8, 4) is 5.75 Å². The predicted octanol–water partition coefficient (Wildman–Crippen LogP) is 2.51. The first-order chi connectivity index (χ1) is 12.1. The summed E-state index contributed by atoms with van der Waals surface area (Å²) < 4.78 is 7.01. The number of aromatic nitrogens is 1. The number of amides is 2. The zero-order valence-electron chi connectivity index (χ0n) is 14.1. The van der Waals surface area contributed by atoms with Gasteiger partial charge in [-0.3, -0.25) is 4.79 Å². The number of nitrogens with zero attached hydrogens (tertiary/aromatic N) is 2. The number of anilines is 1. The van der Waals surface area contributed by atoms with Crippen molar-refractivity contribution in [2.24, 2.45) is 5.92 Å². The van der Waals surface area contributed by atoms with Gasteiger partial charge in [-0.15, -0.1) is 0 Å². The summed E-state index contributed by atoms with van der Waals surface area (Å²) in [6.07, 6.45) is 1.04. The van der Waals surface area contributed by atoms with E-state index in [1.807, 2.05) is 45.9 Å². The molecule has 2 aromatic rings. The van der Waals surface area contributed by atoms with Gasteiger partial charge in [0.05, 0.1) is 7.11 Å². The molecular formula is C19H21N3O3. The fourth-order valence-electron chi connectivity index (χ4n) is 3.94. The van der Waals surface area contributed by atoms with Gasteiger partial charge in [-0.25, -0.2) is 4.79 Å². The van der Waals surface area contributed by atoms with Gasteiger partial charge < -0.3 is 19.5 Å². The third-order valence-electron chi connectivity index (χ3n) is 5.11. The third-order valence-corrected chi connectivity index (χ3v) is 5.11. The molecule has 130 valence electrons. The molecule has 2 bridgehead atoms. The highest BCUT2D eigenvalue weighted by atomic mass is 16.5. The van der Waals surface area contributed by atoms with Crippen LogP contribution in [-0.4, -0.2) is 35.7 Å². The van der Waals surface area contributed by atoms with Crippen molar-refractivity contribution < 1.29 is 9.53 Å². The van der Waals surface area contributed by atoms with Crippen molar-refractivity contribution in [2.75, 3.05) is 25.5 Å². The molecule has 25 heavy (non-hydrogen) atoms. The molecule has 0 aliphatic carbocycles. The van der Waals surface area contributed by atoms with E-state index in [9.17, 15) is 9.59 Å². The maximum absolute atomic E-state index is 12.6. The van der Waals surface area contributed by atoms with Crippen molar-refractivity contribution in [1.82, 2.24) is 9.47 Å². The number of fused-ring (bicyclic) bond motifs is 4. The molecule has 2 aliphatic rings. The van der Waals surface area contributed by atoms with Crippen molar-refractivity contribution >= 4 is 11.7 Å². The van der Waals surface area contributed by atoms with Crippen LogP contribution in [0.5, 0.6) is 5.75 Å². The van der Waals surface area contributed by atoms with Crippen LogP contribution < -0.4 is 15.6 Å². The SMILES string of the molecule is COc1ccc(NC(=O)N2C[C@@H]3C[C@@H](C2)c2cccc(=O)n2C3)cc1. The van der Waals surface area contributed by atoms with Gasteiger partial charge in [0.1, 0.15) is 5.75 Å².